The lowest BCUT2D eigenvalue weighted by Crippen LogP contribution is -2.67. The van der Waals surface area contributed by atoms with Gasteiger partial charge >= 0.3 is 6.09 Å². The van der Waals surface area contributed by atoms with Gasteiger partial charge in [-0.25, -0.2) is 4.79 Å². The number of benzene rings is 2. The summed E-state index contributed by atoms with van der Waals surface area (Å²) in [4.78, 5) is 12.7. The molecule has 0 aliphatic rings. The molecule has 194 valence electrons. The largest absolute Gasteiger partial charge is 0.444 e. The summed E-state index contributed by atoms with van der Waals surface area (Å²) < 4.78 is 12.6. The maximum absolute atomic E-state index is 12.7. The van der Waals surface area contributed by atoms with Crippen molar-refractivity contribution in [3.8, 4) is 0 Å². The van der Waals surface area contributed by atoms with Gasteiger partial charge < -0.3 is 20.2 Å². The second kappa shape index (κ2) is 12.2. The summed E-state index contributed by atoms with van der Waals surface area (Å²) in [7, 11) is -2.71. The van der Waals surface area contributed by atoms with Crippen LogP contribution in [0.2, 0.25) is 5.04 Å². The summed E-state index contributed by atoms with van der Waals surface area (Å²) in [5, 5.41) is 5.37. The van der Waals surface area contributed by atoms with Gasteiger partial charge in [-0.2, -0.15) is 0 Å². The lowest BCUT2D eigenvalue weighted by molar-refractivity contribution is 0.0480. The second-order valence-corrected chi connectivity index (χ2v) is 16.1. The van der Waals surface area contributed by atoms with E-state index < -0.39 is 20.0 Å². The molecule has 2 atom stereocenters. The number of hydrogen-bond donors (Lipinski definition) is 2. The lowest BCUT2D eigenvalue weighted by Gasteiger charge is -2.43. The maximum atomic E-state index is 12.7. The Balaban J connectivity index is 2.41. The summed E-state index contributed by atoms with van der Waals surface area (Å²) in [6, 6.07) is 20.9. The van der Waals surface area contributed by atoms with Crippen LogP contribution in [0.4, 0.5) is 4.79 Å². The molecule has 0 radical (unpaired) electrons. The molecule has 0 aliphatic heterocycles. The van der Waals surface area contributed by atoms with Crippen LogP contribution < -0.4 is 21.4 Å². The van der Waals surface area contributed by atoms with Gasteiger partial charge in [-0.1, -0.05) is 95.3 Å². The first-order valence-electron chi connectivity index (χ1n) is 12.8. The standard InChI is InChI=1S/C29H46N2O3Si/c1-22(2)26(30)20-19-23(31-27(32)34-28(3,4)5)21-33-35(29(6,7)8,24-15-11-9-12-16-24)25-17-13-10-14-18-25/h9-18,22-23,26H,19-21,30H2,1-8H3,(H,31,32). The molecule has 3 N–H and O–H groups in total. The Bertz CT molecular complexity index is 866. The monoisotopic (exact) mass is 498 g/mol. The highest BCUT2D eigenvalue weighted by Gasteiger charge is 2.50. The van der Waals surface area contributed by atoms with Crippen LogP contribution in [0.3, 0.4) is 0 Å². The number of nitrogens with one attached hydrogen (secondary N) is 1. The van der Waals surface area contributed by atoms with Gasteiger partial charge in [0.1, 0.15) is 5.60 Å². The van der Waals surface area contributed by atoms with E-state index in [-0.39, 0.29) is 17.1 Å². The summed E-state index contributed by atoms with van der Waals surface area (Å²) >= 11 is 0. The number of nitrogens with two attached hydrogens (primary N) is 1. The van der Waals surface area contributed by atoms with E-state index in [2.05, 4.69) is 88.5 Å². The molecule has 0 heterocycles. The predicted molar refractivity (Wildman–Crippen MR) is 149 cm³/mol. The van der Waals surface area contributed by atoms with Gasteiger partial charge in [-0.15, -0.1) is 0 Å². The number of carbonyl (C=O) groups is 1. The summed E-state index contributed by atoms with van der Waals surface area (Å²) in [5.41, 5.74) is 5.79. The number of ether oxygens (including phenoxy) is 1. The van der Waals surface area contributed by atoms with Crippen LogP contribution in [0.1, 0.15) is 68.2 Å². The molecule has 6 heteroatoms. The number of rotatable bonds is 10. The minimum atomic E-state index is -2.71. The topological polar surface area (TPSA) is 73.6 Å². The fourth-order valence-electron chi connectivity index (χ4n) is 4.39. The zero-order valence-corrected chi connectivity index (χ0v) is 23.9. The Kier molecular flexibility index (Phi) is 10.1. The van der Waals surface area contributed by atoms with E-state index in [1.807, 2.05) is 32.9 Å². The molecule has 2 unspecified atom stereocenters. The molecule has 0 aliphatic carbocycles. The Morgan fingerprint density at radius 1 is 0.886 bits per heavy atom. The molecule has 0 saturated carbocycles. The Morgan fingerprint density at radius 2 is 1.37 bits per heavy atom. The Morgan fingerprint density at radius 3 is 1.77 bits per heavy atom. The molecular weight excluding hydrogens is 452 g/mol. The van der Waals surface area contributed by atoms with Crippen molar-refractivity contribution in [3.05, 3.63) is 60.7 Å². The number of hydrogen-bond acceptors (Lipinski definition) is 4. The number of amides is 1. The van der Waals surface area contributed by atoms with Crippen molar-refractivity contribution in [2.24, 2.45) is 11.7 Å². The molecule has 0 saturated heterocycles. The van der Waals surface area contributed by atoms with Crippen LogP contribution in [-0.4, -0.2) is 38.7 Å². The minimum absolute atomic E-state index is 0.0609. The van der Waals surface area contributed by atoms with Crippen molar-refractivity contribution in [3.63, 3.8) is 0 Å². The smallest absolute Gasteiger partial charge is 0.407 e. The highest BCUT2D eigenvalue weighted by molar-refractivity contribution is 6.99. The van der Waals surface area contributed by atoms with Crippen molar-refractivity contribution in [1.82, 2.24) is 5.32 Å². The van der Waals surface area contributed by atoms with Crippen LogP contribution in [0.5, 0.6) is 0 Å². The third-order valence-electron chi connectivity index (χ3n) is 6.34. The van der Waals surface area contributed by atoms with E-state index >= 15 is 0 Å². The first kappa shape index (κ1) is 29.1. The molecule has 2 aromatic carbocycles. The minimum Gasteiger partial charge on any atom is -0.444 e. The van der Waals surface area contributed by atoms with Crippen LogP contribution in [-0.2, 0) is 9.16 Å². The molecule has 2 aromatic rings. The average molecular weight is 499 g/mol. The quantitative estimate of drug-likeness (QED) is 0.441. The van der Waals surface area contributed by atoms with Gasteiger partial charge in [-0.05, 0) is 54.9 Å². The van der Waals surface area contributed by atoms with Gasteiger partial charge in [0.05, 0.1) is 12.6 Å². The highest BCUT2D eigenvalue weighted by Crippen LogP contribution is 2.37. The molecule has 0 fully saturated rings. The molecule has 1 amide bonds. The third-order valence-corrected chi connectivity index (χ3v) is 11.3. The van der Waals surface area contributed by atoms with Crippen molar-refractivity contribution < 1.29 is 14.0 Å². The average Bonchev–Trinajstić information content (AvgIpc) is 2.76. The second-order valence-electron chi connectivity index (χ2n) is 11.8. The molecule has 0 bridgehead atoms. The highest BCUT2D eigenvalue weighted by atomic mass is 28.4. The summed E-state index contributed by atoms with van der Waals surface area (Å²) in [6.07, 6.45) is 1.09. The van der Waals surface area contributed by atoms with E-state index in [1.165, 1.54) is 10.4 Å². The lowest BCUT2D eigenvalue weighted by atomic mass is 9.98. The third kappa shape index (κ3) is 8.19. The van der Waals surface area contributed by atoms with Gasteiger partial charge in [-0.3, -0.25) is 0 Å². The molecule has 0 spiro atoms. The van der Waals surface area contributed by atoms with Crippen molar-refractivity contribution in [1.29, 1.82) is 0 Å². The molecular formula is C29H46N2O3Si. The van der Waals surface area contributed by atoms with Crippen LogP contribution in [0, 0.1) is 5.92 Å². The van der Waals surface area contributed by atoms with E-state index in [1.54, 1.807) is 0 Å². The fourth-order valence-corrected chi connectivity index (χ4v) is 8.99. The van der Waals surface area contributed by atoms with E-state index in [0.717, 1.165) is 12.8 Å². The van der Waals surface area contributed by atoms with Crippen LogP contribution >= 0.6 is 0 Å². The fraction of sp³-hybridized carbons (Fsp3) is 0.552. The molecule has 0 aromatic heterocycles. The Hall–Kier alpha value is -2.15. The molecule has 5 nitrogen and oxygen atoms in total. The zero-order valence-electron chi connectivity index (χ0n) is 22.9. The first-order valence-corrected chi connectivity index (χ1v) is 14.7. The summed E-state index contributed by atoms with van der Waals surface area (Å²) in [6.45, 7) is 17.0. The molecule has 2 rings (SSSR count). The first-order chi connectivity index (χ1) is 16.3. The molecule has 35 heavy (non-hydrogen) atoms. The van der Waals surface area contributed by atoms with Gasteiger partial charge in [0, 0.05) is 6.04 Å². The van der Waals surface area contributed by atoms with E-state index in [9.17, 15) is 4.79 Å². The van der Waals surface area contributed by atoms with E-state index in [0.29, 0.717) is 12.5 Å². The van der Waals surface area contributed by atoms with Crippen LogP contribution in [0.25, 0.3) is 0 Å². The number of alkyl carbamates (subject to hydrolysis) is 1. The van der Waals surface area contributed by atoms with Crippen molar-refractivity contribution in [2.75, 3.05) is 6.61 Å². The van der Waals surface area contributed by atoms with Crippen LogP contribution in [0.15, 0.2) is 60.7 Å². The van der Waals surface area contributed by atoms with Gasteiger partial charge in [0.15, 0.2) is 0 Å². The number of carbonyl (C=O) groups excluding carboxylic acids is 1. The van der Waals surface area contributed by atoms with Crippen molar-refractivity contribution >= 4 is 24.8 Å². The maximum Gasteiger partial charge on any atom is 0.407 e. The van der Waals surface area contributed by atoms with Gasteiger partial charge in [0.25, 0.3) is 8.32 Å². The normalized spacial score (nSPS) is 14.5. The Labute approximate surface area is 213 Å². The summed E-state index contributed by atoms with van der Waals surface area (Å²) in [5.74, 6) is 0.370. The predicted octanol–water partition coefficient (Wildman–Crippen LogP) is 5.22. The SMILES string of the molecule is CC(C)C(N)CCC(CO[Si](c1ccccc1)(c1ccccc1)C(C)(C)C)NC(=O)OC(C)(C)C. The van der Waals surface area contributed by atoms with Crippen molar-refractivity contribution in [2.45, 2.75) is 91.0 Å². The van der Waals surface area contributed by atoms with E-state index in [4.69, 9.17) is 14.9 Å². The zero-order chi connectivity index (χ0) is 26.3. The van der Waals surface area contributed by atoms with Gasteiger partial charge in [0.2, 0.25) is 0 Å².